The lowest BCUT2D eigenvalue weighted by molar-refractivity contribution is 0.152. The van der Waals surface area contributed by atoms with Gasteiger partial charge in [0.2, 0.25) is 0 Å². The summed E-state index contributed by atoms with van der Waals surface area (Å²) in [5.41, 5.74) is 0. The minimum atomic E-state index is 0.632. The summed E-state index contributed by atoms with van der Waals surface area (Å²) in [4.78, 5) is 4.81. The Bertz CT molecular complexity index is 631. The highest BCUT2D eigenvalue weighted by molar-refractivity contribution is 7.80. The maximum Gasteiger partial charge on any atom is 0.169 e. The molecule has 3 atom stereocenters. The molecule has 3 unspecified atom stereocenters. The van der Waals surface area contributed by atoms with E-state index >= 15 is 0 Å². The van der Waals surface area contributed by atoms with E-state index in [2.05, 4.69) is 15.1 Å². The number of rotatable bonds is 6. The van der Waals surface area contributed by atoms with Gasteiger partial charge < -0.3 is 19.7 Å². The molecule has 1 aliphatic heterocycles. The molecule has 3 fully saturated rings. The molecule has 27 heavy (non-hydrogen) atoms. The van der Waals surface area contributed by atoms with Gasteiger partial charge in [-0.25, -0.2) is 0 Å². The van der Waals surface area contributed by atoms with Crippen molar-refractivity contribution >= 4 is 17.3 Å². The first-order valence-electron chi connectivity index (χ1n) is 10.3. The number of benzene rings is 1. The van der Waals surface area contributed by atoms with Gasteiger partial charge in [-0.3, -0.25) is 4.90 Å². The van der Waals surface area contributed by atoms with Crippen molar-refractivity contribution in [3.8, 4) is 11.5 Å². The van der Waals surface area contributed by atoms with Crippen molar-refractivity contribution in [1.29, 1.82) is 0 Å². The number of piperazine rings is 1. The summed E-state index contributed by atoms with van der Waals surface area (Å²) >= 11 is 5.70. The first kappa shape index (κ1) is 18.8. The Balaban J connectivity index is 1.14. The van der Waals surface area contributed by atoms with Gasteiger partial charge in [0.1, 0.15) is 18.1 Å². The number of hydrogen-bond acceptors (Lipinski definition) is 4. The molecule has 2 saturated carbocycles. The third kappa shape index (κ3) is 4.66. The minimum Gasteiger partial charge on any atom is -0.497 e. The minimum absolute atomic E-state index is 0.632. The zero-order valence-corrected chi connectivity index (χ0v) is 17.0. The topological polar surface area (TPSA) is 37.0 Å². The molecule has 1 aromatic carbocycles. The SMILES string of the molecule is COc1ccc(OCCN2CCN(C(=S)NC3CC4CCC3C4)CC2)cc1. The zero-order valence-electron chi connectivity index (χ0n) is 16.2. The van der Waals surface area contributed by atoms with Crippen molar-refractivity contribution in [2.24, 2.45) is 11.8 Å². The fraction of sp³-hybridized carbons (Fsp3) is 0.667. The van der Waals surface area contributed by atoms with Crippen LogP contribution in [0.4, 0.5) is 0 Å². The molecule has 1 saturated heterocycles. The first-order chi connectivity index (χ1) is 13.2. The summed E-state index contributed by atoms with van der Waals surface area (Å²) in [5, 5.41) is 4.65. The Morgan fingerprint density at radius 2 is 1.81 bits per heavy atom. The van der Waals surface area contributed by atoms with Gasteiger partial charge in [-0.2, -0.15) is 0 Å². The van der Waals surface area contributed by atoms with Gasteiger partial charge >= 0.3 is 0 Å². The molecule has 3 aliphatic rings. The number of nitrogens with zero attached hydrogens (tertiary/aromatic N) is 2. The van der Waals surface area contributed by atoms with Crippen LogP contribution in [0.2, 0.25) is 0 Å². The number of fused-ring (bicyclic) bond motifs is 2. The fourth-order valence-electron chi connectivity index (χ4n) is 4.81. The molecule has 5 nitrogen and oxygen atoms in total. The number of thiocarbonyl (C=S) groups is 1. The zero-order chi connectivity index (χ0) is 18.6. The number of ether oxygens (including phenoxy) is 2. The second kappa shape index (κ2) is 8.65. The van der Waals surface area contributed by atoms with Crippen molar-refractivity contribution in [2.75, 3.05) is 46.4 Å². The normalized spacial score (nSPS) is 27.6. The monoisotopic (exact) mass is 389 g/mol. The van der Waals surface area contributed by atoms with Crippen molar-refractivity contribution in [2.45, 2.75) is 31.7 Å². The van der Waals surface area contributed by atoms with Crippen LogP contribution in [0.15, 0.2) is 24.3 Å². The van der Waals surface area contributed by atoms with Crippen LogP contribution in [0.1, 0.15) is 25.7 Å². The van der Waals surface area contributed by atoms with Gasteiger partial charge in [0, 0.05) is 38.8 Å². The summed E-state index contributed by atoms with van der Waals surface area (Å²) in [6.07, 6.45) is 5.58. The average molecular weight is 390 g/mol. The highest BCUT2D eigenvalue weighted by Crippen LogP contribution is 2.44. The van der Waals surface area contributed by atoms with Gasteiger partial charge in [0.05, 0.1) is 7.11 Å². The molecule has 0 radical (unpaired) electrons. The Labute approximate surface area is 168 Å². The van der Waals surface area contributed by atoms with Crippen LogP contribution in [0.5, 0.6) is 11.5 Å². The molecule has 1 heterocycles. The molecular weight excluding hydrogens is 358 g/mol. The van der Waals surface area contributed by atoms with Gasteiger partial charge in [0.15, 0.2) is 5.11 Å². The molecular formula is C21H31N3O2S. The van der Waals surface area contributed by atoms with Crippen molar-refractivity contribution in [1.82, 2.24) is 15.1 Å². The predicted molar refractivity (Wildman–Crippen MR) is 111 cm³/mol. The van der Waals surface area contributed by atoms with E-state index in [0.717, 1.165) is 61.2 Å². The molecule has 0 amide bonds. The molecule has 1 aromatic rings. The highest BCUT2D eigenvalue weighted by Gasteiger charge is 2.40. The smallest absolute Gasteiger partial charge is 0.169 e. The van der Waals surface area contributed by atoms with E-state index < -0.39 is 0 Å². The third-order valence-electron chi connectivity index (χ3n) is 6.44. The van der Waals surface area contributed by atoms with E-state index in [1.807, 2.05) is 24.3 Å². The lowest BCUT2D eigenvalue weighted by Crippen LogP contribution is -2.54. The largest absolute Gasteiger partial charge is 0.497 e. The summed E-state index contributed by atoms with van der Waals surface area (Å²) in [6, 6.07) is 8.40. The Kier molecular flexibility index (Phi) is 6.03. The van der Waals surface area contributed by atoms with Crippen LogP contribution in [0.25, 0.3) is 0 Å². The maximum atomic E-state index is 5.85. The summed E-state index contributed by atoms with van der Waals surface area (Å²) in [5.74, 6) is 3.57. The lowest BCUT2D eigenvalue weighted by atomic mass is 9.95. The second-order valence-electron chi connectivity index (χ2n) is 8.08. The van der Waals surface area contributed by atoms with Crippen LogP contribution in [0, 0.1) is 11.8 Å². The van der Waals surface area contributed by atoms with Gasteiger partial charge in [-0.15, -0.1) is 0 Å². The van der Waals surface area contributed by atoms with E-state index in [-0.39, 0.29) is 0 Å². The lowest BCUT2D eigenvalue weighted by Gasteiger charge is -2.37. The molecule has 1 N–H and O–H groups in total. The molecule has 2 aliphatic carbocycles. The molecule has 148 valence electrons. The van der Waals surface area contributed by atoms with E-state index in [9.17, 15) is 0 Å². The van der Waals surface area contributed by atoms with E-state index in [4.69, 9.17) is 21.7 Å². The van der Waals surface area contributed by atoms with Crippen molar-refractivity contribution < 1.29 is 9.47 Å². The third-order valence-corrected chi connectivity index (χ3v) is 6.82. The van der Waals surface area contributed by atoms with Crippen molar-refractivity contribution in [3.05, 3.63) is 24.3 Å². The highest BCUT2D eigenvalue weighted by atomic mass is 32.1. The summed E-state index contributed by atoms with van der Waals surface area (Å²) in [7, 11) is 1.68. The van der Waals surface area contributed by atoms with Gasteiger partial charge in [0.25, 0.3) is 0 Å². The second-order valence-corrected chi connectivity index (χ2v) is 8.47. The van der Waals surface area contributed by atoms with Crippen LogP contribution >= 0.6 is 12.2 Å². The van der Waals surface area contributed by atoms with E-state index in [1.165, 1.54) is 25.7 Å². The van der Waals surface area contributed by atoms with Gasteiger partial charge in [-0.05, 0) is 67.6 Å². The molecule has 0 spiro atoms. The van der Waals surface area contributed by atoms with E-state index in [1.54, 1.807) is 7.11 Å². The standard InChI is InChI=1S/C21H31N3O2S/c1-25-18-4-6-19(7-5-18)26-13-12-23-8-10-24(11-9-23)21(27)22-20-15-16-2-3-17(20)14-16/h4-7,16-17,20H,2-3,8-15H2,1H3,(H,22,27). The quantitative estimate of drug-likeness (QED) is 0.754. The van der Waals surface area contributed by atoms with Crippen LogP contribution < -0.4 is 14.8 Å². The van der Waals surface area contributed by atoms with Gasteiger partial charge in [-0.1, -0.05) is 6.42 Å². The maximum absolute atomic E-state index is 5.85. The fourth-order valence-corrected chi connectivity index (χ4v) is 5.14. The predicted octanol–water partition coefficient (Wildman–Crippen LogP) is 2.75. The first-order valence-corrected chi connectivity index (χ1v) is 10.7. The average Bonchev–Trinajstić information content (AvgIpc) is 3.32. The Morgan fingerprint density at radius 1 is 1.07 bits per heavy atom. The van der Waals surface area contributed by atoms with Crippen LogP contribution in [0.3, 0.4) is 0 Å². The number of hydrogen-bond donors (Lipinski definition) is 1. The summed E-state index contributed by atoms with van der Waals surface area (Å²) in [6.45, 7) is 5.77. The van der Waals surface area contributed by atoms with Crippen molar-refractivity contribution in [3.63, 3.8) is 0 Å². The molecule has 4 rings (SSSR count). The number of nitrogens with one attached hydrogen (secondary N) is 1. The Morgan fingerprint density at radius 3 is 2.44 bits per heavy atom. The van der Waals surface area contributed by atoms with Crippen LogP contribution in [-0.4, -0.2) is 67.4 Å². The van der Waals surface area contributed by atoms with Crippen LogP contribution in [-0.2, 0) is 0 Å². The molecule has 0 aromatic heterocycles. The number of methoxy groups -OCH3 is 1. The van der Waals surface area contributed by atoms with E-state index in [0.29, 0.717) is 12.6 Å². The molecule has 6 heteroatoms. The molecule has 2 bridgehead atoms. The summed E-state index contributed by atoms with van der Waals surface area (Å²) < 4.78 is 11.0. The Hall–Kier alpha value is -1.53.